The van der Waals surface area contributed by atoms with Crippen molar-refractivity contribution in [1.29, 1.82) is 0 Å². The van der Waals surface area contributed by atoms with Crippen molar-refractivity contribution in [2.24, 2.45) is 0 Å². The highest BCUT2D eigenvalue weighted by Gasteiger charge is 2.40. The number of carbonyl (C=O) groups is 2. The Morgan fingerprint density at radius 1 is 1.30 bits per heavy atom. The van der Waals surface area contributed by atoms with Gasteiger partial charge in [-0.2, -0.15) is 0 Å². The number of rotatable bonds is 3. The van der Waals surface area contributed by atoms with Crippen LogP contribution in [0.5, 0.6) is 0 Å². The Kier molecular flexibility index (Phi) is 3.96. The maximum atomic E-state index is 13.7. The lowest BCUT2D eigenvalue weighted by atomic mass is 9.91. The lowest BCUT2D eigenvalue weighted by Crippen LogP contribution is -2.37. The summed E-state index contributed by atoms with van der Waals surface area (Å²) in [5.41, 5.74) is -0.222. The van der Waals surface area contributed by atoms with Gasteiger partial charge in [-0.1, -0.05) is 0 Å². The topological polar surface area (TPSA) is 55.4 Å². The predicted molar refractivity (Wildman–Crippen MR) is 62.2 cm³/mol. The maximum absolute atomic E-state index is 13.7. The van der Waals surface area contributed by atoms with Gasteiger partial charge in [0.2, 0.25) is 5.91 Å². The Morgan fingerprint density at radius 2 is 1.95 bits per heavy atom. The highest BCUT2D eigenvalue weighted by molar-refractivity contribution is 5.90. The molecule has 0 aromatic heterocycles. The molecule has 1 aliphatic rings. The molecule has 1 aromatic rings. The summed E-state index contributed by atoms with van der Waals surface area (Å²) in [5, 5.41) is 2.35. The first kappa shape index (κ1) is 14.4. The molecule has 0 radical (unpaired) electrons. The molecule has 0 bridgehead atoms. The molecule has 1 N–H and O–H groups in total. The Bertz CT molecular complexity index is 562. The number of nitrogens with one attached hydrogen (secondary N) is 1. The first-order valence-electron chi connectivity index (χ1n) is 6.04. The van der Waals surface area contributed by atoms with Gasteiger partial charge in [0.05, 0.1) is 6.61 Å². The van der Waals surface area contributed by atoms with Gasteiger partial charge < -0.3 is 10.1 Å². The molecule has 1 aliphatic heterocycles. The number of amides is 1. The summed E-state index contributed by atoms with van der Waals surface area (Å²) in [6.07, 6.45) is -0.189. The van der Waals surface area contributed by atoms with E-state index in [1.54, 1.807) is 6.92 Å². The van der Waals surface area contributed by atoms with Crippen molar-refractivity contribution >= 4 is 11.9 Å². The largest absolute Gasteiger partial charge is 0.464 e. The van der Waals surface area contributed by atoms with Gasteiger partial charge in [-0.25, -0.2) is 18.0 Å². The Labute approximate surface area is 112 Å². The van der Waals surface area contributed by atoms with Crippen LogP contribution in [0.4, 0.5) is 13.2 Å². The third kappa shape index (κ3) is 2.61. The number of ether oxygens (including phenoxy) is 1. The van der Waals surface area contributed by atoms with Crippen molar-refractivity contribution in [3.05, 3.63) is 35.1 Å². The van der Waals surface area contributed by atoms with Gasteiger partial charge in [-0.15, -0.1) is 0 Å². The smallest absolute Gasteiger partial charge is 0.329 e. The van der Waals surface area contributed by atoms with Crippen LogP contribution in [0.2, 0.25) is 0 Å². The highest BCUT2D eigenvalue weighted by atomic mass is 19.2. The molecule has 0 aliphatic carbocycles. The number of halogens is 3. The fourth-order valence-electron chi connectivity index (χ4n) is 2.22. The van der Waals surface area contributed by atoms with Crippen molar-refractivity contribution in [3.8, 4) is 0 Å². The zero-order valence-electron chi connectivity index (χ0n) is 10.6. The van der Waals surface area contributed by atoms with Crippen molar-refractivity contribution in [1.82, 2.24) is 5.32 Å². The van der Waals surface area contributed by atoms with Crippen LogP contribution in [0.25, 0.3) is 0 Å². The molecule has 0 spiro atoms. The average Bonchev–Trinajstić information content (AvgIpc) is 2.76. The van der Waals surface area contributed by atoms with Crippen LogP contribution in [0.15, 0.2) is 12.1 Å². The van der Waals surface area contributed by atoms with Crippen LogP contribution in [0.3, 0.4) is 0 Å². The van der Waals surface area contributed by atoms with Crippen molar-refractivity contribution in [3.63, 3.8) is 0 Å². The summed E-state index contributed by atoms with van der Waals surface area (Å²) >= 11 is 0. The predicted octanol–water partition coefficient (Wildman–Crippen LogP) is 1.64. The molecule has 2 atom stereocenters. The quantitative estimate of drug-likeness (QED) is 0.679. The van der Waals surface area contributed by atoms with Crippen LogP contribution >= 0.6 is 0 Å². The fraction of sp³-hybridized carbons (Fsp3) is 0.385. The van der Waals surface area contributed by atoms with Gasteiger partial charge in [0.15, 0.2) is 11.6 Å². The molecule has 2 unspecified atom stereocenters. The molecular weight excluding hydrogens is 275 g/mol. The second-order valence-electron chi connectivity index (χ2n) is 4.40. The lowest BCUT2D eigenvalue weighted by Gasteiger charge is -2.18. The first-order chi connectivity index (χ1) is 9.43. The van der Waals surface area contributed by atoms with Gasteiger partial charge in [0, 0.05) is 18.4 Å². The highest BCUT2D eigenvalue weighted by Crippen LogP contribution is 2.32. The molecule has 0 saturated carbocycles. The van der Waals surface area contributed by atoms with E-state index in [1.165, 1.54) is 0 Å². The van der Waals surface area contributed by atoms with Crippen molar-refractivity contribution in [2.45, 2.75) is 25.3 Å². The lowest BCUT2D eigenvalue weighted by molar-refractivity contribution is -0.146. The zero-order valence-corrected chi connectivity index (χ0v) is 10.6. The van der Waals surface area contributed by atoms with E-state index in [0.29, 0.717) is 12.1 Å². The fourth-order valence-corrected chi connectivity index (χ4v) is 2.22. The molecular formula is C13H12F3NO3. The molecule has 108 valence electrons. The monoisotopic (exact) mass is 287 g/mol. The van der Waals surface area contributed by atoms with E-state index >= 15 is 0 Å². The molecule has 1 heterocycles. The molecule has 1 aromatic carbocycles. The van der Waals surface area contributed by atoms with E-state index in [2.05, 4.69) is 5.32 Å². The SMILES string of the molecule is CCOC(=O)C1NC(=O)CC1c1cc(F)c(F)cc1F. The summed E-state index contributed by atoms with van der Waals surface area (Å²) < 4.78 is 44.6. The van der Waals surface area contributed by atoms with Crippen LogP contribution in [0, 0.1) is 17.5 Å². The molecule has 1 amide bonds. The summed E-state index contributed by atoms with van der Waals surface area (Å²) in [7, 11) is 0. The van der Waals surface area contributed by atoms with E-state index in [4.69, 9.17) is 4.74 Å². The van der Waals surface area contributed by atoms with Crippen LogP contribution in [-0.2, 0) is 14.3 Å². The Morgan fingerprint density at radius 3 is 2.60 bits per heavy atom. The number of esters is 1. The minimum atomic E-state index is -1.32. The van der Waals surface area contributed by atoms with Gasteiger partial charge in [0.25, 0.3) is 0 Å². The Hall–Kier alpha value is -2.05. The first-order valence-corrected chi connectivity index (χ1v) is 6.04. The maximum Gasteiger partial charge on any atom is 0.329 e. The summed E-state index contributed by atoms with van der Waals surface area (Å²) in [6.45, 7) is 1.68. The van der Waals surface area contributed by atoms with Crippen LogP contribution in [-0.4, -0.2) is 24.5 Å². The standard InChI is InChI=1S/C13H12F3NO3/c1-2-20-13(19)12-7(4-11(18)17-12)6-3-9(15)10(16)5-8(6)14/h3,5,7,12H,2,4H2,1H3,(H,17,18). The molecule has 4 nitrogen and oxygen atoms in total. The molecule has 7 heteroatoms. The molecule has 2 rings (SSSR count). The van der Waals surface area contributed by atoms with Gasteiger partial charge in [-0.05, 0) is 18.6 Å². The summed E-state index contributed by atoms with van der Waals surface area (Å²) in [6, 6.07) is -0.0286. The third-order valence-electron chi connectivity index (χ3n) is 3.10. The molecule has 1 fully saturated rings. The van der Waals surface area contributed by atoms with E-state index < -0.39 is 41.3 Å². The number of hydrogen-bond acceptors (Lipinski definition) is 3. The number of benzene rings is 1. The van der Waals surface area contributed by atoms with Crippen LogP contribution < -0.4 is 5.32 Å². The van der Waals surface area contributed by atoms with E-state index in [-0.39, 0.29) is 18.6 Å². The zero-order chi connectivity index (χ0) is 14.9. The second-order valence-corrected chi connectivity index (χ2v) is 4.40. The average molecular weight is 287 g/mol. The van der Waals surface area contributed by atoms with Crippen LogP contribution in [0.1, 0.15) is 24.8 Å². The molecule has 1 saturated heterocycles. The van der Waals surface area contributed by atoms with Gasteiger partial charge >= 0.3 is 5.97 Å². The normalized spacial score (nSPS) is 21.7. The summed E-state index contributed by atoms with van der Waals surface area (Å²) in [4.78, 5) is 23.1. The minimum absolute atomic E-state index is 0.0954. The van der Waals surface area contributed by atoms with E-state index in [9.17, 15) is 22.8 Å². The Balaban J connectivity index is 2.36. The second kappa shape index (κ2) is 5.52. The van der Waals surface area contributed by atoms with E-state index in [1.807, 2.05) is 0 Å². The minimum Gasteiger partial charge on any atom is -0.464 e. The van der Waals surface area contributed by atoms with Gasteiger partial charge in [-0.3, -0.25) is 4.79 Å². The van der Waals surface area contributed by atoms with Crippen molar-refractivity contribution in [2.75, 3.05) is 6.61 Å². The van der Waals surface area contributed by atoms with Crippen molar-refractivity contribution < 1.29 is 27.5 Å². The summed E-state index contributed by atoms with van der Waals surface area (Å²) in [5.74, 6) is -5.68. The number of carbonyl (C=O) groups excluding carboxylic acids is 2. The molecule has 20 heavy (non-hydrogen) atoms. The van der Waals surface area contributed by atoms with Gasteiger partial charge in [0.1, 0.15) is 11.9 Å². The third-order valence-corrected chi connectivity index (χ3v) is 3.10. The van der Waals surface area contributed by atoms with E-state index in [0.717, 1.165) is 0 Å². The number of hydrogen-bond donors (Lipinski definition) is 1.